The highest BCUT2D eigenvalue weighted by atomic mass is 79.9. The van der Waals surface area contributed by atoms with Gasteiger partial charge in [-0.05, 0) is 61.8 Å². The van der Waals surface area contributed by atoms with Gasteiger partial charge in [0, 0.05) is 4.47 Å². The Morgan fingerprint density at radius 3 is 2.60 bits per heavy atom. The Labute approximate surface area is 129 Å². The van der Waals surface area contributed by atoms with Gasteiger partial charge >= 0.3 is 0 Å². The van der Waals surface area contributed by atoms with Crippen molar-refractivity contribution < 1.29 is 4.39 Å². The molecule has 0 unspecified atom stereocenters. The van der Waals surface area contributed by atoms with Crippen molar-refractivity contribution in [2.24, 2.45) is 11.3 Å². The van der Waals surface area contributed by atoms with Crippen molar-refractivity contribution in [1.29, 1.82) is 5.26 Å². The lowest BCUT2D eigenvalue weighted by Crippen LogP contribution is -2.28. The molecule has 0 heterocycles. The second-order valence-electron chi connectivity index (χ2n) is 6.08. The molecule has 0 saturated heterocycles. The molecule has 0 N–H and O–H groups in total. The van der Waals surface area contributed by atoms with E-state index >= 15 is 0 Å². The largest absolute Gasteiger partial charge is 0.207 e. The predicted octanol–water partition coefficient (Wildman–Crippen LogP) is 5.63. The fourth-order valence-corrected chi connectivity index (χ4v) is 3.87. The number of rotatable bonds is 4. The normalized spacial score (nSPS) is 26.2. The third-order valence-electron chi connectivity index (χ3n) is 4.46. The second-order valence-corrected chi connectivity index (χ2v) is 6.99. The molecule has 1 aromatic carbocycles. The van der Waals surface area contributed by atoms with E-state index in [1.165, 1.54) is 18.9 Å². The maximum Gasteiger partial charge on any atom is 0.124 e. The summed E-state index contributed by atoms with van der Waals surface area (Å²) < 4.78 is 14.2. The molecule has 0 amide bonds. The van der Waals surface area contributed by atoms with Crippen LogP contribution in [0.5, 0.6) is 0 Å². The van der Waals surface area contributed by atoms with Crippen LogP contribution < -0.4 is 0 Å². The molecule has 1 fully saturated rings. The minimum atomic E-state index is -0.294. The van der Waals surface area contributed by atoms with Crippen LogP contribution in [0.3, 0.4) is 0 Å². The predicted molar refractivity (Wildman–Crippen MR) is 82.7 cm³/mol. The molecule has 1 aliphatic carbocycles. The Balaban J connectivity index is 2.08. The van der Waals surface area contributed by atoms with E-state index in [0.717, 1.165) is 41.6 Å². The molecule has 0 aromatic heterocycles. The van der Waals surface area contributed by atoms with Gasteiger partial charge in [0.2, 0.25) is 0 Å². The average molecular weight is 338 g/mol. The van der Waals surface area contributed by atoms with Gasteiger partial charge in [0.25, 0.3) is 0 Å². The molecule has 2 rings (SSSR count). The number of nitriles is 1. The first kappa shape index (κ1) is 15.5. The summed E-state index contributed by atoms with van der Waals surface area (Å²) in [4.78, 5) is 0. The van der Waals surface area contributed by atoms with Crippen LogP contribution in [-0.2, 0) is 6.42 Å². The van der Waals surface area contributed by atoms with Gasteiger partial charge in [-0.1, -0.05) is 35.7 Å². The molecular formula is C17H21BrFN. The van der Waals surface area contributed by atoms with Crippen molar-refractivity contribution in [2.45, 2.75) is 51.9 Å². The van der Waals surface area contributed by atoms with Crippen LogP contribution in [0.15, 0.2) is 22.7 Å². The zero-order chi connectivity index (χ0) is 14.6. The van der Waals surface area contributed by atoms with E-state index in [1.54, 1.807) is 6.07 Å². The number of benzene rings is 1. The van der Waals surface area contributed by atoms with Crippen LogP contribution in [0, 0.1) is 28.5 Å². The summed E-state index contributed by atoms with van der Waals surface area (Å²) in [5.41, 5.74) is 0.629. The summed E-state index contributed by atoms with van der Waals surface area (Å²) in [7, 11) is 0. The highest BCUT2D eigenvalue weighted by Crippen LogP contribution is 2.42. The summed E-state index contributed by atoms with van der Waals surface area (Å²) in [6.45, 7) is 2.22. The summed E-state index contributed by atoms with van der Waals surface area (Å²) in [5, 5.41) is 9.60. The molecule has 1 aliphatic rings. The third-order valence-corrected chi connectivity index (χ3v) is 4.92. The van der Waals surface area contributed by atoms with Crippen molar-refractivity contribution in [3.8, 4) is 6.07 Å². The highest BCUT2D eigenvalue weighted by molar-refractivity contribution is 9.10. The first-order valence-electron chi connectivity index (χ1n) is 7.43. The number of hydrogen-bond donors (Lipinski definition) is 0. The van der Waals surface area contributed by atoms with Gasteiger partial charge in [-0.3, -0.25) is 0 Å². The molecule has 0 atom stereocenters. The van der Waals surface area contributed by atoms with Gasteiger partial charge < -0.3 is 0 Å². The van der Waals surface area contributed by atoms with Crippen molar-refractivity contribution in [2.75, 3.05) is 0 Å². The van der Waals surface area contributed by atoms with Crippen LogP contribution in [0.25, 0.3) is 0 Å². The molecule has 1 aromatic rings. The monoisotopic (exact) mass is 337 g/mol. The van der Waals surface area contributed by atoms with Crippen LogP contribution in [0.2, 0.25) is 0 Å². The van der Waals surface area contributed by atoms with E-state index in [9.17, 15) is 9.65 Å². The SMILES string of the molecule is CCCC1CCC(C#N)(Cc2cc(F)cc(Br)c2)CC1. The van der Waals surface area contributed by atoms with E-state index in [1.807, 2.05) is 6.07 Å². The van der Waals surface area contributed by atoms with Crippen LogP contribution in [0.4, 0.5) is 4.39 Å². The van der Waals surface area contributed by atoms with E-state index < -0.39 is 0 Å². The first-order chi connectivity index (χ1) is 9.57. The smallest absolute Gasteiger partial charge is 0.124 e. The number of hydrogen-bond acceptors (Lipinski definition) is 1. The lowest BCUT2D eigenvalue weighted by molar-refractivity contribution is 0.200. The van der Waals surface area contributed by atoms with Gasteiger partial charge in [0.1, 0.15) is 5.82 Å². The van der Waals surface area contributed by atoms with E-state index in [0.29, 0.717) is 6.42 Å². The Morgan fingerprint density at radius 1 is 1.35 bits per heavy atom. The molecule has 1 saturated carbocycles. The second kappa shape index (κ2) is 6.72. The Morgan fingerprint density at radius 2 is 2.05 bits per heavy atom. The molecule has 3 heteroatoms. The molecule has 108 valence electrons. The van der Waals surface area contributed by atoms with Gasteiger partial charge in [0.15, 0.2) is 0 Å². The molecule has 0 aliphatic heterocycles. The zero-order valence-corrected chi connectivity index (χ0v) is 13.5. The highest BCUT2D eigenvalue weighted by Gasteiger charge is 2.35. The average Bonchev–Trinajstić information content (AvgIpc) is 2.40. The minimum absolute atomic E-state index is 0.234. The lowest BCUT2D eigenvalue weighted by Gasteiger charge is -2.35. The maximum absolute atomic E-state index is 13.5. The van der Waals surface area contributed by atoms with Crippen molar-refractivity contribution in [1.82, 2.24) is 0 Å². The van der Waals surface area contributed by atoms with Crippen molar-refractivity contribution in [3.63, 3.8) is 0 Å². The standard InChI is InChI=1S/C17H21BrFN/c1-2-3-13-4-6-17(12-20,7-5-13)11-14-8-15(18)10-16(19)9-14/h8-10,13H,2-7,11H2,1H3. The van der Waals surface area contributed by atoms with E-state index in [2.05, 4.69) is 28.9 Å². The van der Waals surface area contributed by atoms with Crippen LogP contribution in [-0.4, -0.2) is 0 Å². The zero-order valence-electron chi connectivity index (χ0n) is 12.0. The summed E-state index contributed by atoms with van der Waals surface area (Å²) >= 11 is 3.32. The molecule has 20 heavy (non-hydrogen) atoms. The van der Waals surface area contributed by atoms with E-state index in [-0.39, 0.29) is 11.2 Å². The van der Waals surface area contributed by atoms with Crippen molar-refractivity contribution >= 4 is 15.9 Å². The van der Waals surface area contributed by atoms with Gasteiger partial charge in [0.05, 0.1) is 11.5 Å². The third kappa shape index (κ3) is 3.82. The van der Waals surface area contributed by atoms with Crippen molar-refractivity contribution in [3.05, 3.63) is 34.1 Å². The Hall–Kier alpha value is -0.880. The Kier molecular flexibility index (Phi) is 5.21. The lowest BCUT2D eigenvalue weighted by atomic mass is 9.67. The van der Waals surface area contributed by atoms with Gasteiger partial charge in [-0.15, -0.1) is 0 Å². The topological polar surface area (TPSA) is 23.8 Å². The first-order valence-corrected chi connectivity index (χ1v) is 8.22. The summed E-state index contributed by atoms with van der Waals surface area (Å²) in [6, 6.07) is 7.48. The summed E-state index contributed by atoms with van der Waals surface area (Å²) in [6.07, 6.45) is 7.33. The van der Waals surface area contributed by atoms with Gasteiger partial charge in [-0.25, -0.2) is 4.39 Å². The fraction of sp³-hybridized carbons (Fsp3) is 0.588. The van der Waals surface area contributed by atoms with Gasteiger partial charge in [-0.2, -0.15) is 5.26 Å². The summed E-state index contributed by atoms with van der Waals surface area (Å²) in [5.74, 6) is 0.544. The maximum atomic E-state index is 13.5. The quantitative estimate of drug-likeness (QED) is 0.698. The Bertz CT molecular complexity index is 478. The molecule has 0 bridgehead atoms. The van der Waals surface area contributed by atoms with E-state index in [4.69, 9.17) is 0 Å². The molecular weight excluding hydrogens is 317 g/mol. The number of halogens is 2. The van der Waals surface area contributed by atoms with Crippen LogP contribution in [0.1, 0.15) is 51.0 Å². The molecule has 0 spiro atoms. The molecule has 1 nitrogen and oxygen atoms in total. The fourth-order valence-electron chi connectivity index (χ4n) is 3.36. The van der Waals surface area contributed by atoms with Crippen LogP contribution >= 0.6 is 15.9 Å². The number of nitrogens with zero attached hydrogens (tertiary/aromatic N) is 1. The molecule has 0 radical (unpaired) electrons. The minimum Gasteiger partial charge on any atom is -0.207 e.